The van der Waals surface area contributed by atoms with Crippen LogP contribution < -0.4 is 9.47 Å². The van der Waals surface area contributed by atoms with Crippen LogP contribution in [0, 0.1) is 5.92 Å². The van der Waals surface area contributed by atoms with Crippen LogP contribution in [0.25, 0.3) is 5.57 Å². The predicted octanol–water partition coefficient (Wildman–Crippen LogP) is 6.47. The van der Waals surface area contributed by atoms with Gasteiger partial charge in [-0.25, -0.2) is 0 Å². The van der Waals surface area contributed by atoms with E-state index < -0.39 is 5.60 Å². The lowest BCUT2D eigenvalue weighted by atomic mass is 9.84. The number of likely N-dealkylation sites (tertiary alicyclic amines) is 1. The third-order valence-corrected chi connectivity index (χ3v) is 7.48. The third kappa shape index (κ3) is 6.01. The number of rotatable bonds is 7. The molecule has 1 fully saturated rings. The highest BCUT2D eigenvalue weighted by atomic mass is 35.5. The van der Waals surface area contributed by atoms with Gasteiger partial charge in [-0.1, -0.05) is 49.7 Å². The minimum absolute atomic E-state index is 0.447. The highest BCUT2D eigenvalue weighted by molar-refractivity contribution is 6.30. The van der Waals surface area contributed by atoms with E-state index in [0.29, 0.717) is 37.0 Å². The molecule has 0 bridgehead atoms. The van der Waals surface area contributed by atoms with E-state index >= 15 is 0 Å². The molecule has 0 aliphatic carbocycles. The zero-order chi connectivity index (χ0) is 25.8. The van der Waals surface area contributed by atoms with Crippen LogP contribution in [0.5, 0.6) is 11.5 Å². The van der Waals surface area contributed by atoms with E-state index in [-0.39, 0.29) is 0 Å². The number of hydrogen-bond acceptors (Lipinski definition) is 5. The molecule has 3 heterocycles. The van der Waals surface area contributed by atoms with Crippen molar-refractivity contribution in [3.8, 4) is 11.5 Å². The fraction of sp³-hybridized carbons (Fsp3) is 0.387. The summed E-state index contributed by atoms with van der Waals surface area (Å²) in [5.41, 5.74) is 4.41. The summed E-state index contributed by atoms with van der Waals surface area (Å²) in [6, 6.07) is 17.8. The second-order valence-corrected chi connectivity index (χ2v) is 10.9. The maximum absolute atomic E-state index is 11.2. The average molecular weight is 519 g/mol. The Kier molecular flexibility index (Phi) is 7.84. The number of aliphatic hydroxyl groups is 1. The normalized spacial score (nSPS) is 18.1. The van der Waals surface area contributed by atoms with Crippen LogP contribution in [-0.2, 0) is 12.2 Å². The molecule has 37 heavy (non-hydrogen) atoms. The Bertz CT molecular complexity index is 1250. The molecule has 1 N–H and O–H groups in total. The van der Waals surface area contributed by atoms with Crippen LogP contribution in [0.2, 0.25) is 5.02 Å². The van der Waals surface area contributed by atoms with Crippen molar-refractivity contribution >= 4 is 17.2 Å². The first kappa shape index (κ1) is 25.8. The number of aromatic nitrogens is 1. The summed E-state index contributed by atoms with van der Waals surface area (Å²) >= 11 is 6.04. The van der Waals surface area contributed by atoms with E-state index in [2.05, 4.69) is 41.9 Å². The number of piperidine rings is 1. The van der Waals surface area contributed by atoms with Crippen molar-refractivity contribution in [1.29, 1.82) is 0 Å². The van der Waals surface area contributed by atoms with Gasteiger partial charge in [-0.15, -0.1) is 0 Å². The molecule has 5 nitrogen and oxygen atoms in total. The Labute approximate surface area is 224 Å². The first-order chi connectivity index (χ1) is 17.9. The third-order valence-electron chi connectivity index (χ3n) is 7.23. The van der Waals surface area contributed by atoms with Crippen LogP contribution in [0.4, 0.5) is 0 Å². The van der Waals surface area contributed by atoms with Crippen LogP contribution in [0.1, 0.15) is 55.5 Å². The van der Waals surface area contributed by atoms with E-state index in [1.54, 1.807) is 0 Å². The minimum Gasteiger partial charge on any atom is -0.493 e. The van der Waals surface area contributed by atoms with Crippen molar-refractivity contribution in [3.05, 3.63) is 94.3 Å². The predicted molar refractivity (Wildman–Crippen MR) is 148 cm³/mol. The summed E-state index contributed by atoms with van der Waals surface area (Å²) < 4.78 is 12.2. The molecule has 1 aromatic heterocycles. The maximum Gasteiger partial charge on any atom is 0.131 e. The molecule has 0 radical (unpaired) electrons. The highest BCUT2D eigenvalue weighted by Crippen LogP contribution is 2.39. The van der Waals surface area contributed by atoms with Gasteiger partial charge < -0.3 is 19.5 Å². The van der Waals surface area contributed by atoms with Gasteiger partial charge in [0.25, 0.3) is 0 Å². The van der Waals surface area contributed by atoms with Crippen molar-refractivity contribution in [2.45, 2.75) is 45.3 Å². The van der Waals surface area contributed by atoms with Gasteiger partial charge in [0.15, 0.2) is 0 Å². The van der Waals surface area contributed by atoms with Gasteiger partial charge in [0, 0.05) is 42.0 Å². The first-order valence-electron chi connectivity index (χ1n) is 13.2. The maximum atomic E-state index is 11.2. The molecule has 2 aliphatic heterocycles. The second-order valence-electron chi connectivity index (χ2n) is 10.4. The monoisotopic (exact) mass is 518 g/mol. The minimum atomic E-state index is -0.784. The number of fused-ring (bicyclic) bond motifs is 2. The summed E-state index contributed by atoms with van der Waals surface area (Å²) in [6.07, 6.45) is 6.44. The lowest BCUT2D eigenvalue weighted by Crippen LogP contribution is -2.42. The van der Waals surface area contributed by atoms with Crippen LogP contribution >= 0.6 is 11.6 Å². The molecule has 3 aromatic rings. The molecule has 1 saturated heterocycles. The quantitative estimate of drug-likeness (QED) is 0.388. The largest absolute Gasteiger partial charge is 0.493 e. The van der Waals surface area contributed by atoms with Gasteiger partial charge in [-0.2, -0.15) is 0 Å². The summed E-state index contributed by atoms with van der Waals surface area (Å²) in [4.78, 5) is 7.03. The van der Waals surface area contributed by atoms with Crippen molar-refractivity contribution in [2.75, 3.05) is 26.2 Å². The van der Waals surface area contributed by atoms with Gasteiger partial charge >= 0.3 is 0 Å². The Balaban J connectivity index is 1.32. The Morgan fingerprint density at radius 2 is 1.89 bits per heavy atom. The highest BCUT2D eigenvalue weighted by Gasteiger charge is 2.33. The molecule has 0 amide bonds. The molecule has 0 atom stereocenters. The Morgan fingerprint density at radius 1 is 1.11 bits per heavy atom. The van der Waals surface area contributed by atoms with Crippen LogP contribution in [0.3, 0.4) is 0 Å². The summed E-state index contributed by atoms with van der Waals surface area (Å²) in [6.45, 7) is 8.06. The van der Waals surface area contributed by atoms with E-state index in [1.807, 2.05) is 48.7 Å². The van der Waals surface area contributed by atoms with Gasteiger partial charge in [-0.3, -0.25) is 4.98 Å². The lowest BCUT2D eigenvalue weighted by Gasteiger charge is -2.38. The molecule has 0 saturated carbocycles. The summed E-state index contributed by atoms with van der Waals surface area (Å²) in [5, 5.41) is 11.9. The number of benzene rings is 2. The van der Waals surface area contributed by atoms with Crippen LogP contribution in [-0.4, -0.2) is 41.2 Å². The molecule has 2 aliphatic rings. The van der Waals surface area contributed by atoms with E-state index in [9.17, 15) is 5.11 Å². The molecule has 5 rings (SSSR count). The molecule has 2 aromatic carbocycles. The van der Waals surface area contributed by atoms with Gasteiger partial charge in [0.1, 0.15) is 18.1 Å². The van der Waals surface area contributed by atoms with E-state index in [4.69, 9.17) is 21.1 Å². The van der Waals surface area contributed by atoms with Crippen molar-refractivity contribution in [2.24, 2.45) is 5.92 Å². The van der Waals surface area contributed by atoms with Gasteiger partial charge in [0.05, 0.1) is 17.9 Å². The molecular formula is C31H35ClN2O3. The number of nitrogens with zero attached hydrogens (tertiary/aromatic N) is 2. The number of hydrogen-bond donors (Lipinski definition) is 1. The fourth-order valence-corrected chi connectivity index (χ4v) is 5.22. The zero-order valence-electron chi connectivity index (χ0n) is 21.6. The first-order valence-corrected chi connectivity index (χ1v) is 13.5. The molecular weight excluding hydrogens is 484 g/mol. The average Bonchev–Trinajstić information content (AvgIpc) is 3.06. The second kappa shape index (κ2) is 11.3. The number of ether oxygens (including phenoxy) is 2. The van der Waals surface area contributed by atoms with Crippen molar-refractivity contribution in [3.63, 3.8) is 0 Å². The number of halogens is 1. The Hall–Kier alpha value is -2.86. The standard InChI is InChI=1S/C31H35ClN2O3/c1-22(2)20-36-25-11-12-30-28(19-25)26(27-5-3-15-33-29(27)21-37-30)6-4-16-34-17-13-31(35,14-18-34)23-7-9-24(32)10-8-23/h3,5-12,15,19,22,35H,4,13-14,16-18,20-21H2,1-2H3. The van der Waals surface area contributed by atoms with Crippen LogP contribution in [0.15, 0.2) is 66.9 Å². The van der Waals surface area contributed by atoms with E-state index in [1.165, 1.54) is 0 Å². The molecule has 6 heteroatoms. The SMILES string of the molecule is CC(C)COc1ccc2c(c1)C(=CCCN1CCC(O)(c3ccc(Cl)cc3)CC1)c1cccnc1CO2. The van der Waals surface area contributed by atoms with Gasteiger partial charge in [0.2, 0.25) is 0 Å². The molecule has 0 spiro atoms. The topological polar surface area (TPSA) is 54.8 Å². The van der Waals surface area contributed by atoms with Crippen molar-refractivity contribution < 1.29 is 14.6 Å². The summed E-state index contributed by atoms with van der Waals surface area (Å²) in [7, 11) is 0. The zero-order valence-corrected chi connectivity index (χ0v) is 22.4. The lowest BCUT2D eigenvalue weighted by molar-refractivity contribution is -0.0254. The fourth-order valence-electron chi connectivity index (χ4n) is 5.09. The van der Waals surface area contributed by atoms with E-state index in [0.717, 1.165) is 65.5 Å². The van der Waals surface area contributed by atoms with Crippen molar-refractivity contribution in [1.82, 2.24) is 9.88 Å². The van der Waals surface area contributed by atoms with Gasteiger partial charge in [-0.05, 0) is 72.7 Å². The smallest absolute Gasteiger partial charge is 0.131 e. The molecule has 194 valence electrons. The Morgan fingerprint density at radius 3 is 2.65 bits per heavy atom. The number of pyridine rings is 1. The summed E-state index contributed by atoms with van der Waals surface area (Å²) in [5.74, 6) is 2.16. The molecule has 0 unspecified atom stereocenters.